The van der Waals surface area contributed by atoms with Gasteiger partial charge in [0.15, 0.2) is 0 Å². The molecule has 0 radical (unpaired) electrons. The van der Waals surface area contributed by atoms with Gasteiger partial charge in [0.05, 0.1) is 17.7 Å². The van der Waals surface area contributed by atoms with E-state index in [4.69, 9.17) is 21.1 Å². The van der Waals surface area contributed by atoms with Gasteiger partial charge < -0.3 is 9.47 Å². The number of ether oxygens (including phenoxy) is 2. The lowest BCUT2D eigenvalue weighted by molar-refractivity contribution is 0.0659. The fourth-order valence-corrected chi connectivity index (χ4v) is 1.59. The second-order valence-corrected chi connectivity index (χ2v) is 3.71. The molecular formula is C10H13ClN2O2. The highest BCUT2D eigenvalue weighted by Crippen LogP contribution is 2.14. The Morgan fingerprint density at radius 1 is 1.47 bits per heavy atom. The van der Waals surface area contributed by atoms with Gasteiger partial charge in [0.2, 0.25) is 5.88 Å². The summed E-state index contributed by atoms with van der Waals surface area (Å²) < 4.78 is 10.9. The van der Waals surface area contributed by atoms with E-state index in [0.717, 1.165) is 25.1 Å². The standard InChI is InChI=1S/C10H13ClN2O2/c11-6-8-3-4-10(13-12-8)15-7-9-2-1-5-14-9/h3-4,9H,1-2,5-7H2. The Bertz CT molecular complexity index is 299. The molecule has 0 aliphatic carbocycles. The van der Waals surface area contributed by atoms with Crippen LogP contribution >= 0.6 is 11.6 Å². The molecule has 0 saturated carbocycles. The van der Waals surface area contributed by atoms with Gasteiger partial charge in [-0.25, -0.2) is 0 Å². The van der Waals surface area contributed by atoms with E-state index in [1.807, 2.05) is 6.07 Å². The van der Waals surface area contributed by atoms with Crippen LogP contribution in [0.2, 0.25) is 0 Å². The topological polar surface area (TPSA) is 44.2 Å². The smallest absolute Gasteiger partial charge is 0.233 e. The molecule has 0 amide bonds. The van der Waals surface area contributed by atoms with E-state index in [9.17, 15) is 0 Å². The Labute approximate surface area is 93.6 Å². The van der Waals surface area contributed by atoms with Gasteiger partial charge in [-0.1, -0.05) is 0 Å². The van der Waals surface area contributed by atoms with E-state index in [2.05, 4.69) is 10.2 Å². The first kappa shape index (κ1) is 10.6. The SMILES string of the molecule is ClCc1ccc(OCC2CCCO2)nn1. The van der Waals surface area contributed by atoms with Gasteiger partial charge in [0, 0.05) is 12.7 Å². The van der Waals surface area contributed by atoms with E-state index in [-0.39, 0.29) is 6.10 Å². The van der Waals surface area contributed by atoms with Crippen LogP contribution in [0.3, 0.4) is 0 Å². The molecule has 1 unspecified atom stereocenters. The van der Waals surface area contributed by atoms with Crippen molar-refractivity contribution in [2.45, 2.75) is 24.8 Å². The molecule has 1 aromatic rings. The predicted octanol–water partition coefficient (Wildman–Crippen LogP) is 1.77. The minimum Gasteiger partial charge on any atom is -0.474 e. The molecule has 1 saturated heterocycles. The first-order chi connectivity index (χ1) is 7.38. The number of hydrogen-bond acceptors (Lipinski definition) is 4. The van der Waals surface area contributed by atoms with Gasteiger partial charge in [-0.15, -0.1) is 16.7 Å². The summed E-state index contributed by atoms with van der Waals surface area (Å²) in [6.07, 6.45) is 2.39. The van der Waals surface area contributed by atoms with Gasteiger partial charge in [0.1, 0.15) is 6.61 Å². The fraction of sp³-hybridized carbons (Fsp3) is 0.600. The van der Waals surface area contributed by atoms with Gasteiger partial charge in [-0.3, -0.25) is 0 Å². The molecule has 1 atom stereocenters. The first-order valence-corrected chi connectivity index (χ1v) is 5.55. The number of halogens is 1. The monoisotopic (exact) mass is 228 g/mol. The molecule has 1 aliphatic rings. The lowest BCUT2D eigenvalue weighted by Crippen LogP contribution is -2.16. The zero-order valence-corrected chi connectivity index (χ0v) is 9.11. The molecule has 0 aromatic carbocycles. The molecule has 2 rings (SSSR count). The van der Waals surface area contributed by atoms with Crippen molar-refractivity contribution in [3.8, 4) is 5.88 Å². The molecule has 2 heterocycles. The number of nitrogens with zero attached hydrogens (tertiary/aromatic N) is 2. The number of aromatic nitrogens is 2. The second kappa shape index (κ2) is 5.28. The largest absolute Gasteiger partial charge is 0.474 e. The van der Waals surface area contributed by atoms with Gasteiger partial charge in [0.25, 0.3) is 0 Å². The van der Waals surface area contributed by atoms with Crippen molar-refractivity contribution < 1.29 is 9.47 Å². The zero-order valence-electron chi connectivity index (χ0n) is 8.36. The summed E-state index contributed by atoms with van der Waals surface area (Å²) in [6, 6.07) is 3.59. The summed E-state index contributed by atoms with van der Waals surface area (Å²) in [4.78, 5) is 0. The van der Waals surface area contributed by atoms with Crippen LogP contribution in [0, 0.1) is 0 Å². The lowest BCUT2D eigenvalue weighted by Gasteiger charge is -2.09. The van der Waals surface area contributed by atoms with Crippen LogP contribution in [0.15, 0.2) is 12.1 Å². The van der Waals surface area contributed by atoms with Crippen LogP contribution in [-0.2, 0) is 10.6 Å². The minimum absolute atomic E-state index is 0.208. The van der Waals surface area contributed by atoms with E-state index < -0.39 is 0 Å². The Balaban J connectivity index is 1.82. The summed E-state index contributed by atoms with van der Waals surface area (Å²) in [6.45, 7) is 1.39. The van der Waals surface area contributed by atoms with Crippen LogP contribution in [0.4, 0.5) is 0 Å². The molecule has 1 aliphatic heterocycles. The third-order valence-corrected chi connectivity index (χ3v) is 2.55. The Morgan fingerprint density at radius 3 is 3.00 bits per heavy atom. The predicted molar refractivity (Wildman–Crippen MR) is 56.1 cm³/mol. The minimum atomic E-state index is 0.208. The van der Waals surface area contributed by atoms with Crippen molar-refractivity contribution in [1.29, 1.82) is 0 Å². The zero-order chi connectivity index (χ0) is 10.5. The third kappa shape index (κ3) is 3.04. The molecule has 82 valence electrons. The number of rotatable bonds is 4. The normalized spacial score (nSPS) is 20.5. The van der Waals surface area contributed by atoms with Crippen molar-refractivity contribution >= 4 is 11.6 Å². The maximum atomic E-state index is 5.60. The lowest BCUT2D eigenvalue weighted by atomic mass is 10.2. The molecule has 0 spiro atoms. The highest BCUT2D eigenvalue weighted by molar-refractivity contribution is 6.16. The summed E-state index contributed by atoms with van der Waals surface area (Å²) in [5, 5.41) is 7.79. The van der Waals surface area contributed by atoms with Crippen molar-refractivity contribution in [1.82, 2.24) is 10.2 Å². The van der Waals surface area contributed by atoms with Gasteiger partial charge >= 0.3 is 0 Å². The van der Waals surface area contributed by atoms with E-state index in [1.54, 1.807) is 6.07 Å². The quantitative estimate of drug-likeness (QED) is 0.737. The van der Waals surface area contributed by atoms with Crippen molar-refractivity contribution in [3.63, 3.8) is 0 Å². The molecule has 15 heavy (non-hydrogen) atoms. The van der Waals surface area contributed by atoms with Crippen LogP contribution in [0.1, 0.15) is 18.5 Å². The first-order valence-electron chi connectivity index (χ1n) is 5.01. The number of hydrogen-bond donors (Lipinski definition) is 0. The van der Waals surface area contributed by atoms with Gasteiger partial charge in [-0.2, -0.15) is 5.10 Å². The van der Waals surface area contributed by atoms with Crippen LogP contribution in [-0.4, -0.2) is 29.5 Å². The third-order valence-electron chi connectivity index (χ3n) is 2.27. The van der Waals surface area contributed by atoms with Crippen LogP contribution in [0.25, 0.3) is 0 Å². The highest BCUT2D eigenvalue weighted by Gasteiger charge is 2.16. The molecule has 5 heteroatoms. The average molecular weight is 229 g/mol. The van der Waals surface area contributed by atoms with Gasteiger partial charge in [-0.05, 0) is 18.9 Å². The van der Waals surface area contributed by atoms with Crippen LogP contribution < -0.4 is 4.74 Å². The molecule has 4 nitrogen and oxygen atoms in total. The van der Waals surface area contributed by atoms with Crippen molar-refractivity contribution in [2.75, 3.05) is 13.2 Å². The Hall–Kier alpha value is -0.870. The van der Waals surface area contributed by atoms with Crippen LogP contribution in [0.5, 0.6) is 5.88 Å². The molecule has 1 aromatic heterocycles. The maximum absolute atomic E-state index is 5.60. The van der Waals surface area contributed by atoms with Crippen molar-refractivity contribution in [3.05, 3.63) is 17.8 Å². The van der Waals surface area contributed by atoms with Crippen molar-refractivity contribution in [2.24, 2.45) is 0 Å². The average Bonchev–Trinajstić information content (AvgIpc) is 2.80. The molecular weight excluding hydrogens is 216 g/mol. The Morgan fingerprint density at radius 2 is 2.40 bits per heavy atom. The number of alkyl halides is 1. The molecule has 1 fully saturated rings. The fourth-order valence-electron chi connectivity index (χ4n) is 1.45. The summed E-state index contributed by atoms with van der Waals surface area (Å²) >= 11 is 5.60. The van der Waals surface area contributed by atoms with E-state index >= 15 is 0 Å². The molecule has 0 N–H and O–H groups in total. The maximum Gasteiger partial charge on any atom is 0.233 e. The summed E-state index contributed by atoms with van der Waals surface area (Å²) in [5.74, 6) is 0.901. The second-order valence-electron chi connectivity index (χ2n) is 3.44. The van der Waals surface area contributed by atoms with E-state index in [0.29, 0.717) is 18.4 Å². The van der Waals surface area contributed by atoms with E-state index in [1.165, 1.54) is 0 Å². The Kier molecular flexibility index (Phi) is 3.75. The summed E-state index contributed by atoms with van der Waals surface area (Å²) in [7, 11) is 0. The molecule has 0 bridgehead atoms. The summed E-state index contributed by atoms with van der Waals surface area (Å²) in [5.41, 5.74) is 0.751. The highest BCUT2D eigenvalue weighted by atomic mass is 35.5.